The molecule has 0 unspecified atom stereocenters. The summed E-state index contributed by atoms with van der Waals surface area (Å²) < 4.78 is 5.49. The van der Waals surface area contributed by atoms with Crippen molar-refractivity contribution in [3.8, 4) is 11.5 Å². The van der Waals surface area contributed by atoms with Crippen LogP contribution in [0, 0.1) is 13.8 Å². The first kappa shape index (κ1) is 10.3. The van der Waals surface area contributed by atoms with Crippen LogP contribution in [0.5, 0.6) is 11.5 Å². The van der Waals surface area contributed by atoms with E-state index in [4.69, 9.17) is 4.74 Å². The summed E-state index contributed by atoms with van der Waals surface area (Å²) in [6.45, 7) is 6.04. The average Bonchev–Trinajstić information content (AvgIpc) is 2.23. The molecular weight excluding hydrogens is 192 g/mol. The lowest BCUT2D eigenvalue weighted by Crippen LogP contribution is -2.20. The summed E-state index contributed by atoms with van der Waals surface area (Å²) >= 11 is 0. The minimum absolute atomic E-state index is 0.151. The summed E-state index contributed by atoms with van der Waals surface area (Å²) in [4.78, 5) is 0. The van der Waals surface area contributed by atoms with Crippen molar-refractivity contribution >= 4 is 0 Å². The van der Waals surface area contributed by atoms with Crippen LogP contribution in [0.15, 0.2) is 0 Å². The topological polar surface area (TPSA) is 49.7 Å². The molecule has 1 aliphatic rings. The minimum Gasteiger partial charge on any atom is -0.507 e. The maximum Gasteiger partial charge on any atom is 0.127 e. The van der Waals surface area contributed by atoms with E-state index in [1.807, 2.05) is 13.8 Å². The Morgan fingerprint density at radius 1 is 1.07 bits per heavy atom. The number of phenolic OH excluding ortho intramolecular Hbond substituents is 2. The number of hydrogen-bond donors (Lipinski definition) is 2. The molecule has 1 heterocycles. The van der Waals surface area contributed by atoms with E-state index in [1.165, 1.54) is 0 Å². The lowest BCUT2D eigenvalue weighted by molar-refractivity contribution is 0.0392. The van der Waals surface area contributed by atoms with Gasteiger partial charge in [-0.25, -0.2) is 0 Å². The number of phenols is 2. The highest BCUT2D eigenvalue weighted by molar-refractivity contribution is 5.57. The quantitative estimate of drug-likeness (QED) is 0.687. The first-order valence-electron chi connectivity index (χ1n) is 5.16. The molecule has 2 N–H and O–H groups in total. The molecule has 0 aliphatic carbocycles. The molecule has 0 amide bonds. The van der Waals surface area contributed by atoms with Gasteiger partial charge in [0.2, 0.25) is 0 Å². The Balaban J connectivity index is 2.65. The highest BCUT2D eigenvalue weighted by Crippen LogP contribution is 2.39. The molecule has 0 aromatic heterocycles. The van der Waals surface area contributed by atoms with Gasteiger partial charge in [0.15, 0.2) is 0 Å². The molecule has 1 aromatic carbocycles. The van der Waals surface area contributed by atoms with E-state index >= 15 is 0 Å². The normalized spacial score (nSPS) is 20.1. The summed E-state index contributed by atoms with van der Waals surface area (Å²) in [5, 5.41) is 19.7. The molecule has 1 atom stereocenters. The standard InChI is InChI=1S/C12H16O3/c1-6-4-9-7(2)11(13)8(3)12(14)10(9)5-15-6/h6,13-14H,4-5H2,1-3H3/t6-/m0/s1. The third-order valence-electron chi connectivity index (χ3n) is 3.17. The fourth-order valence-electron chi connectivity index (χ4n) is 2.14. The molecule has 0 radical (unpaired) electrons. The van der Waals surface area contributed by atoms with E-state index in [0.29, 0.717) is 12.2 Å². The van der Waals surface area contributed by atoms with E-state index in [1.54, 1.807) is 6.92 Å². The van der Waals surface area contributed by atoms with E-state index in [0.717, 1.165) is 23.1 Å². The summed E-state index contributed by atoms with van der Waals surface area (Å²) in [5.41, 5.74) is 3.29. The minimum atomic E-state index is 0.151. The third kappa shape index (κ3) is 1.47. The van der Waals surface area contributed by atoms with Gasteiger partial charge < -0.3 is 14.9 Å². The lowest BCUT2D eigenvalue weighted by Gasteiger charge is -2.26. The first-order valence-corrected chi connectivity index (χ1v) is 5.16. The van der Waals surface area contributed by atoms with Gasteiger partial charge in [-0.05, 0) is 38.3 Å². The Hall–Kier alpha value is -1.22. The molecule has 82 valence electrons. The van der Waals surface area contributed by atoms with Gasteiger partial charge in [0, 0.05) is 11.1 Å². The summed E-state index contributed by atoms with van der Waals surface area (Å²) in [6.07, 6.45) is 0.903. The molecule has 3 nitrogen and oxygen atoms in total. The summed E-state index contributed by atoms with van der Waals surface area (Å²) in [5.74, 6) is 0.389. The molecular formula is C12H16O3. The number of aromatic hydroxyl groups is 2. The number of benzene rings is 1. The highest BCUT2D eigenvalue weighted by atomic mass is 16.5. The van der Waals surface area contributed by atoms with Crippen LogP contribution in [0.1, 0.15) is 29.2 Å². The molecule has 3 heteroatoms. The first-order chi connectivity index (χ1) is 7.02. The molecule has 2 rings (SSSR count). The Bertz CT molecular complexity index is 410. The maximum atomic E-state index is 9.89. The number of fused-ring (bicyclic) bond motifs is 1. The third-order valence-corrected chi connectivity index (χ3v) is 3.17. The van der Waals surface area contributed by atoms with Crippen molar-refractivity contribution in [3.05, 3.63) is 22.3 Å². The maximum absolute atomic E-state index is 9.89. The SMILES string of the molecule is Cc1c(O)c(C)c2c(c1O)CO[C@@H](C)C2. The Morgan fingerprint density at radius 2 is 1.73 bits per heavy atom. The van der Waals surface area contributed by atoms with E-state index in [-0.39, 0.29) is 17.6 Å². The van der Waals surface area contributed by atoms with E-state index < -0.39 is 0 Å². The second-order valence-electron chi connectivity index (χ2n) is 4.23. The van der Waals surface area contributed by atoms with Gasteiger partial charge >= 0.3 is 0 Å². The fraction of sp³-hybridized carbons (Fsp3) is 0.500. The van der Waals surface area contributed by atoms with Gasteiger partial charge in [-0.2, -0.15) is 0 Å². The van der Waals surface area contributed by atoms with Gasteiger partial charge in [-0.3, -0.25) is 0 Å². The van der Waals surface area contributed by atoms with Crippen LogP contribution in [0.25, 0.3) is 0 Å². The van der Waals surface area contributed by atoms with Crippen LogP contribution in [0.4, 0.5) is 0 Å². The van der Waals surface area contributed by atoms with Crippen molar-refractivity contribution in [2.45, 2.75) is 39.9 Å². The van der Waals surface area contributed by atoms with E-state index in [2.05, 4.69) is 0 Å². The van der Waals surface area contributed by atoms with Crippen molar-refractivity contribution in [1.29, 1.82) is 0 Å². The van der Waals surface area contributed by atoms with Crippen molar-refractivity contribution in [2.24, 2.45) is 0 Å². The monoisotopic (exact) mass is 208 g/mol. The summed E-state index contributed by atoms with van der Waals surface area (Å²) in [6, 6.07) is 0. The molecule has 1 aromatic rings. The van der Waals surface area contributed by atoms with Crippen molar-refractivity contribution in [2.75, 3.05) is 0 Å². The molecule has 0 fully saturated rings. The smallest absolute Gasteiger partial charge is 0.127 e. The molecule has 1 aliphatic heterocycles. The molecule has 0 saturated carbocycles. The molecule has 0 spiro atoms. The van der Waals surface area contributed by atoms with Crippen LogP contribution < -0.4 is 0 Å². The van der Waals surface area contributed by atoms with Crippen LogP contribution in [-0.4, -0.2) is 16.3 Å². The Morgan fingerprint density at radius 3 is 2.40 bits per heavy atom. The zero-order valence-electron chi connectivity index (χ0n) is 9.29. The lowest BCUT2D eigenvalue weighted by atomic mass is 9.91. The second kappa shape index (κ2) is 3.42. The van der Waals surface area contributed by atoms with Gasteiger partial charge in [0.05, 0.1) is 12.7 Å². The number of ether oxygens (including phenoxy) is 1. The van der Waals surface area contributed by atoms with Crippen molar-refractivity contribution in [3.63, 3.8) is 0 Å². The largest absolute Gasteiger partial charge is 0.507 e. The highest BCUT2D eigenvalue weighted by Gasteiger charge is 2.24. The Labute approximate surface area is 89.3 Å². The fourth-order valence-corrected chi connectivity index (χ4v) is 2.14. The molecule has 0 saturated heterocycles. The van der Waals surface area contributed by atoms with Crippen LogP contribution in [0.2, 0.25) is 0 Å². The summed E-state index contributed by atoms with van der Waals surface area (Å²) in [7, 11) is 0. The van der Waals surface area contributed by atoms with Crippen LogP contribution >= 0.6 is 0 Å². The predicted molar refractivity (Wildman–Crippen MR) is 57.2 cm³/mol. The van der Waals surface area contributed by atoms with Gasteiger partial charge in [0.25, 0.3) is 0 Å². The average molecular weight is 208 g/mol. The van der Waals surface area contributed by atoms with Gasteiger partial charge in [-0.1, -0.05) is 0 Å². The van der Waals surface area contributed by atoms with Crippen LogP contribution in [0.3, 0.4) is 0 Å². The van der Waals surface area contributed by atoms with Crippen molar-refractivity contribution in [1.82, 2.24) is 0 Å². The molecule has 0 bridgehead atoms. The Kier molecular flexibility index (Phi) is 2.35. The van der Waals surface area contributed by atoms with Crippen molar-refractivity contribution < 1.29 is 14.9 Å². The number of hydrogen-bond acceptors (Lipinski definition) is 3. The number of rotatable bonds is 0. The van der Waals surface area contributed by atoms with Gasteiger partial charge in [-0.15, -0.1) is 0 Å². The second-order valence-corrected chi connectivity index (χ2v) is 4.23. The van der Waals surface area contributed by atoms with Gasteiger partial charge in [0.1, 0.15) is 11.5 Å². The predicted octanol–water partition coefficient (Wildman–Crippen LogP) is 2.18. The van der Waals surface area contributed by atoms with E-state index in [9.17, 15) is 10.2 Å². The molecule has 15 heavy (non-hydrogen) atoms. The van der Waals surface area contributed by atoms with Crippen LogP contribution in [-0.2, 0) is 17.8 Å². The zero-order valence-corrected chi connectivity index (χ0v) is 9.29. The zero-order chi connectivity index (χ0) is 11.2.